The minimum atomic E-state index is -0.984. The van der Waals surface area contributed by atoms with Crippen molar-refractivity contribution >= 4 is 17.8 Å². The van der Waals surface area contributed by atoms with Crippen LogP contribution in [-0.2, 0) is 14.4 Å². The maximum atomic E-state index is 11.8. The number of hydrogen-bond acceptors (Lipinski definition) is 4. The number of nitrogens with zero attached hydrogens (tertiary/aromatic N) is 1. The van der Waals surface area contributed by atoms with Crippen molar-refractivity contribution in [1.82, 2.24) is 10.2 Å². The first-order valence-corrected chi connectivity index (χ1v) is 5.84. The van der Waals surface area contributed by atoms with Gasteiger partial charge in [0.1, 0.15) is 6.04 Å². The monoisotopic (exact) mass is 242 g/mol. The summed E-state index contributed by atoms with van der Waals surface area (Å²) < 4.78 is 0. The Labute approximate surface area is 100.0 Å². The lowest BCUT2D eigenvalue weighted by Crippen LogP contribution is -2.47. The summed E-state index contributed by atoms with van der Waals surface area (Å²) in [5, 5.41) is 11.7. The Morgan fingerprint density at radius 2 is 2.18 bits per heavy atom. The highest BCUT2D eigenvalue weighted by atomic mass is 16.4. The highest BCUT2D eigenvalue weighted by Gasteiger charge is 2.39. The lowest BCUT2D eigenvalue weighted by Gasteiger charge is -2.18. The number of nitrogens with one attached hydrogen (secondary N) is 1. The number of carboxylic acid groups (broad SMARTS) is 1. The first kappa shape index (κ1) is 13.6. The van der Waals surface area contributed by atoms with Crippen LogP contribution in [0.1, 0.15) is 33.1 Å². The molecule has 0 aromatic carbocycles. The molecule has 2 N–H and O–H groups in total. The van der Waals surface area contributed by atoms with Crippen LogP contribution in [0.15, 0.2) is 0 Å². The molecule has 17 heavy (non-hydrogen) atoms. The van der Waals surface area contributed by atoms with Crippen LogP contribution < -0.4 is 5.32 Å². The Bertz CT molecular complexity index is 329. The van der Waals surface area contributed by atoms with E-state index < -0.39 is 18.1 Å². The topological polar surface area (TPSA) is 86.7 Å². The Balaban J connectivity index is 2.65. The smallest absolute Gasteiger partial charge is 0.320 e. The van der Waals surface area contributed by atoms with Crippen molar-refractivity contribution in [2.45, 2.75) is 45.2 Å². The van der Waals surface area contributed by atoms with Crippen molar-refractivity contribution in [2.75, 3.05) is 6.54 Å². The van der Waals surface area contributed by atoms with E-state index in [-0.39, 0.29) is 18.2 Å². The minimum Gasteiger partial charge on any atom is -0.480 e. The number of carboxylic acids is 1. The quantitative estimate of drug-likeness (QED) is 0.639. The number of rotatable bonds is 6. The van der Waals surface area contributed by atoms with E-state index in [0.717, 1.165) is 4.90 Å². The van der Waals surface area contributed by atoms with Gasteiger partial charge in [0.25, 0.3) is 0 Å². The number of amides is 2. The van der Waals surface area contributed by atoms with Crippen LogP contribution in [0.5, 0.6) is 0 Å². The summed E-state index contributed by atoms with van der Waals surface area (Å²) in [6.07, 6.45) is 1.20. The summed E-state index contributed by atoms with van der Waals surface area (Å²) in [4.78, 5) is 35.3. The Kier molecular flexibility index (Phi) is 4.62. The van der Waals surface area contributed by atoms with Crippen molar-refractivity contribution in [3.05, 3.63) is 0 Å². The summed E-state index contributed by atoms with van der Waals surface area (Å²) in [7, 11) is 0. The molecular formula is C11H18N2O4. The number of likely N-dealkylation sites (tertiary alicyclic amines) is 1. The zero-order valence-electron chi connectivity index (χ0n) is 10.1. The molecule has 2 amide bonds. The fourth-order valence-corrected chi connectivity index (χ4v) is 1.96. The van der Waals surface area contributed by atoms with Gasteiger partial charge >= 0.3 is 5.97 Å². The SMILES string of the molecule is CCCC(NC1CC(=O)N(CC)C1=O)C(=O)O. The van der Waals surface area contributed by atoms with Gasteiger partial charge < -0.3 is 5.11 Å². The predicted octanol–water partition coefficient (Wildman–Crippen LogP) is -0.0233. The molecule has 6 nitrogen and oxygen atoms in total. The fourth-order valence-electron chi connectivity index (χ4n) is 1.96. The summed E-state index contributed by atoms with van der Waals surface area (Å²) in [6.45, 7) is 3.93. The van der Waals surface area contributed by atoms with Gasteiger partial charge in [0, 0.05) is 6.54 Å². The average molecular weight is 242 g/mol. The van der Waals surface area contributed by atoms with Crippen molar-refractivity contribution in [3.8, 4) is 0 Å². The summed E-state index contributed by atoms with van der Waals surface area (Å²) in [5.74, 6) is -1.54. The summed E-state index contributed by atoms with van der Waals surface area (Å²) >= 11 is 0. The molecule has 1 heterocycles. The second kappa shape index (κ2) is 5.77. The molecule has 0 saturated carbocycles. The molecule has 2 atom stereocenters. The van der Waals surface area contributed by atoms with E-state index in [4.69, 9.17) is 5.11 Å². The number of aliphatic carboxylic acids is 1. The molecule has 0 radical (unpaired) electrons. The highest BCUT2D eigenvalue weighted by molar-refractivity contribution is 6.05. The van der Waals surface area contributed by atoms with Crippen molar-refractivity contribution < 1.29 is 19.5 Å². The maximum Gasteiger partial charge on any atom is 0.320 e. The number of imide groups is 1. The maximum absolute atomic E-state index is 11.8. The van der Waals surface area contributed by atoms with E-state index in [1.54, 1.807) is 6.92 Å². The molecule has 0 bridgehead atoms. The highest BCUT2D eigenvalue weighted by Crippen LogP contribution is 2.14. The number of likely N-dealkylation sites (N-methyl/N-ethyl adjacent to an activating group) is 1. The molecule has 0 aromatic heterocycles. The normalized spacial score (nSPS) is 22.0. The molecule has 1 rings (SSSR count). The molecule has 0 aromatic rings. The predicted molar refractivity (Wildman–Crippen MR) is 60.3 cm³/mol. The molecule has 1 saturated heterocycles. The molecule has 0 aliphatic carbocycles. The number of hydrogen-bond donors (Lipinski definition) is 2. The van der Waals surface area contributed by atoms with Gasteiger partial charge in [0.2, 0.25) is 11.8 Å². The van der Waals surface area contributed by atoms with Crippen molar-refractivity contribution in [2.24, 2.45) is 0 Å². The largest absolute Gasteiger partial charge is 0.480 e. The molecule has 0 spiro atoms. The van der Waals surface area contributed by atoms with E-state index in [9.17, 15) is 14.4 Å². The Hall–Kier alpha value is -1.43. The molecule has 1 fully saturated rings. The minimum absolute atomic E-state index is 0.0557. The molecule has 2 unspecified atom stereocenters. The summed E-state index contributed by atoms with van der Waals surface area (Å²) in [5.41, 5.74) is 0. The van der Waals surface area contributed by atoms with E-state index in [0.29, 0.717) is 19.4 Å². The van der Waals surface area contributed by atoms with E-state index in [2.05, 4.69) is 5.32 Å². The van der Waals surface area contributed by atoms with Crippen LogP contribution in [0, 0.1) is 0 Å². The molecule has 6 heteroatoms. The van der Waals surface area contributed by atoms with Crippen LogP contribution in [0.4, 0.5) is 0 Å². The second-order valence-corrected chi connectivity index (χ2v) is 4.08. The van der Waals surface area contributed by atoms with Gasteiger partial charge in [-0.05, 0) is 13.3 Å². The Morgan fingerprint density at radius 3 is 2.59 bits per heavy atom. The third-order valence-corrected chi connectivity index (χ3v) is 2.84. The van der Waals surface area contributed by atoms with Crippen LogP contribution >= 0.6 is 0 Å². The summed E-state index contributed by atoms with van der Waals surface area (Å²) in [6, 6.07) is -1.45. The zero-order chi connectivity index (χ0) is 13.0. The van der Waals surface area contributed by atoms with E-state index in [1.807, 2.05) is 6.92 Å². The second-order valence-electron chi connectivity index (χ2n) is 4.08. The first-order chi connectivity index (χ1) is 8.01. The van der Waals surface area contributed by atoms with Gasteiger partial charge in [-0.15, -0.1) is 0 Å². The van der Waals surface area contributed by atoms with E-state index >= 15 is 0 Å². The van der Waals surface area contributed by atoms with Crippen LogP contribution in [0.25, 0.3) is 0 Å². The van der Waals surface area contributed by atoms with Crippen LogP contribution in [-0.4, -0.2) is 46.4 Å². The Morgan fingerprint density at radius 1 is 1.53 bits per heavy atom. The van der Waals surface area contributed by atoms with Crippen LogP contribution in [0.3, 0.4) is 0 Å². The van der Waals surface area contributed by atoms with Gasteiger partial charge in [-0.25, -0.2) is 0 Å². The zero-order valence-corrected chi connectivity index (χ0v) is 10.1. The number of carbonyl (C=O) groups is 3. The average Bonchev–Trinajstić information content (AvgIpc) is 2.53. The molecular weight excluding hydrogens is 224 g/mol. The lowest BCUT2D eigenvalue weighted by molar-refractivity contribution is -0.140. The van der Waals surface area contributed by atoms with Gasteiger partial charge in [0.15, 0.2) is 0 Å². The number of carbonyl (C=O) groups excluding carboxylic acids is 2. The molecule has 96 valence electrons. The van der Waals surface area contributed by atoms with Crippen molar-refractivity contribution in [3.63, 3.8) is 0 Å². The molecule has 1 aliphatic heterocycles. The molecule has 1 aliphatic rings. The fraction of sp³-hybridized carbons (Fsp3) is 0.727. The van der Waals surface area contributed by atoms with Gasteiger partial charge in [-0.1, -0.05) is 13.3 Å². The van der Waals surface area contributed by atoms with E-state index in [1.165, 1.54) is 0 Å². The third-order valence-electron chi connectivity index (χ3n) is 2.84. The third kappa shape index (κ3) is 3.03. The van der Waals surface area contributed by atoms with Crippen LogP contribution in [0.2, 0.25) is 0 Å². The standard InChI is InChI=1S/C11H18N2O4/c1-3-5-7(11(16)17)12-8-6-9(14)13(4-2)10(8)15/h7-8,12H,3-6H2,1-2H3,(H,16,17). The van der Waals surface area contributed by atoms with Gasteiger partial charge in [-0.3, -0.25) is 24.6 Å². The van der Waals surface area contributed by atoms with Crippen molar-refractivity contribution in [1.29, 1.82) is 0 Å². The van der Waals surface area contributed by atoms with Gasteiger partial charge in [-0.2, -0.15) is 0 Å². The first-order valence-electron chi connectivity index (χ1n) is 5.84. The lowest BCUT2D eigenvalue weighted by atomic mass is 10.1. The van der Waals surface area contributed by atoms with Gasteiger partial charge in [0.05, 0.1) is 12.5 Å².